The fourth-order valence-electron chi connectivity index (χ4n) is 5.62. The van der Waals surface area contributed by atoms with E-state index in [0.717, 1.165) is 50.5 Å². The molecule has 6 rings (SSSR count). The molecule has 1 atom stereocenters. The standard InChI is InChI=1S/C27H30N4O2/c1-29-17-20-15-21-18-30(12-13-31(21)25-6-4-5-24(29)27(20)25)11-2-3-14-33-22-9-7-19-8-10-26(32)28-23(19)16-22/h2-7,9,16-17,21H,8,10-15,18H2,1H3,(H,28,32)/b3-2+. The summed E-state index contributed by atoms with van der Waals surface area (Å²) in [6.45, 7) is 4.71. The number of aryl methyl sites for hydroxylation is 2. The summed E-state index contributed by atoms with van der Waals surface area (Å²) < 4.78 is 8.16. The van der Waals surface area contributed by atoms with Gasteiger partial charge in [0.05, 0.1) is 5.52 Å². The molecule has 33 heavy (non-hydrogen) atoms. The monoisotopic (exact) mass is 442 g/mol. The molecule has 1 N–H and O–H groups in total. The maximum absolute atomic E-state index is 11.6. The van der Waals surface area contributed by atoms with Gasteiger partial charge in [-0.1, -0.05) is 24.3 Å². The van der Waals surface area contributed by atoms with Gasteiger partial charge in [0.15, 0.2) is 0 Å². The molecule has 6 heteroatoms. The van der Waals surface area contributed by atoms with Crippen molar-refractivity contribution in [3.05, 3.63) is 65.9 Å². The predicted molar refractivity (Wildman–Crippen MR) is 132 cm³/mol. The van der Waals surface area contributed by atoms with Gasteiger partial charge in [-0.3, -0.25) is 9.69 Å². The van der Waals surface area contributed by atoms with Crippen LogP contribution in [0.4, 0.5) is 11.4 Å². The Morgan fingerprint density at radius 1 is 1.12 bits per heavy atom. The van der Waals surface area contributed by atoms with Gasteiger partial charge >= 0.3 is 0 Å². The number of fused-ring (bicyclic) bond motifs is 3. The zero-order valence-corrected chi connectivity index (χ0v) is 19.1. The summed E-state index contributed by atoms with van der Waals surface area (Å²) in [5.74, 6) is 0.877. The van der Waals surface area contributed by atoms with Gasteiger partial charge in [0.2, 0.25) is 5.91 Å². The van der Waals surface area contributed by atoms with Gasteiger partial charge in [0, 0.05) is 74.7 Å². The molecule has 0 saturated carbocycles. The van der Waals surface area contributed by atoms with Crippen LogP contribution in [-0.4, -0.2) is 54.2 Å². The number of benzene rings is 2. The summed E-state index contributed by atoms with van der Waals surface area (Å²) >= 11 is 0. The van der Waals surface area contributed by atoms with Crippen molar-refractivity contribution in [1.82, 2.24) is 9.47 Å². The van der Waals surface area contributed by atoms with E-state index < -0.39 is 0 Å². The maximum atomic E-state index is 11.6. The lowest BCUT2D eigenvalue weighted by Gasteiger charge is -2.45. The average molecular weight is 443 g/mol. The molecule has 0 bridgehead atoms. The SMILES string of the molecule is Cn1cc2c3c(cccc31)N1CCN(C/C=C/COc3ccc4c(c3)NC(=O)CC4)CC1C2. The van der Waals surface area contributed by atoms with Gasteiger partial charge in [0.1, 0.15) is 12.4 Å². The Morgan fingerprint density at radius 2 is 2.06 bits per heavy atom. The number of carbonyl (C=O) groups is 1. The molecule has 1 amide bonds. The number of anilines is 2. The molecule has 1 unspecified atom stereocenters. The molecule has 6 nitrogen and oxygen atoms in total. The summed E-state index contributed by atoms with van der Waals surface area (Å²) in [5, 5.41) is 4.38. The lowest BCUT2D eigenvalue weighted by atomic mass is 9.94. The molecule has 1 saturated heterocycles. The van der Waals surface area contributed by atoms with Gasteiger partial charge in [-0.2, -0.15) is 0 Å². The molecule has 1 fully saturated rings. The van der Waals surface area contributed by atoms with Crippen molar-refractivity contribution in [2.45, 2.75) is 25.3 Å². The predicted octanol–water partition coefficient (Wildman–Crippen LogP) is 3.74. The van der Waals surface area contributed by atoms with E-state index in [-0.39, 0.29) is 5.91 Å². The van der Waals surface area contributed by atoms with Crippen molar-refractivity contribution in [1.29, 1.82) is 0 Å². The Bertz CT molecular complexity index is 1240. The van der Waals surface area contributed by atoms with Crippen LogP contribution in [-0.2, 0) is 24.7 Å². The highest BCUT2D eigenvalue weighted by Gasteiger charge is 2.33. The van der Waals surface area contributed by atoms with E-state index >= 15 is 0 Å². The lowest BCUT2D eigenvalue weighted by Crippen LogP contribution is -2.55. The van der Waals surface area contributed by atoms with E-state index in [9.17, 15) is 4.79 Å². The van der Waals surface area contributed by atoms with Crippen molar-refractivity contribution in [2.24, 2.45) is 7.05 Å². The minimum atomic E-state index is 0.0813. The quantitative estimate of drug-likeness (QED) is 0.612. The van der Waals surface area contributed by atoms with Crippen molar-refractivity contribution in [3.8, 4) is 5.75 Å². The molecule has 4 heterocycles. The minimum absolute atomic E-state index is 0.0813. The molecule has 170 valence electrons. The van der Waals surface area contributed by atoms with E-state index in [1.807, 2.05) is 12.1 Å². The van der Waals surface area contributed by atoms with Crippen LogP contribution < -0.4 is 15.0 Å². The van der Waals surface area contributed by atoms with Gasteiger partial charge in [-0.15, -0.1) is 0 Å². The van der Waals surface area contributed by atoms with Crippen LogP contribution in [0.3, 0.4) is 0 Å². The first-order valence-electron chi connectivity index (χ1n) is 11.9. The molecule has 3 aliphatic rings. The van der Waals surface area contributed by atoms with E-state index in [0.29, 0.717) is 19.1 Å². The normalized spacial score (nSPS) is 20.1. The van der Waals surface area contributed by atoms with Crippen LogP contribution in [0.25, 0.3) is 10.9 Å². The fraction of sp³-hybridized carbons (Fsp3) is 0.370. The maximum Gasteiger partial charge on any atom is 0.224 e. The van der Waals surface area contributed by atoms with Crippen LogP contribution in [0.2, 0.25) is 0 Å². The third-order valence-electron chi connectivity index (χ3n) is 7.26. The third kappa shape index (κ3) is 3.78. The highest BCUT2D eigenvalue weighted by atomic mass is 16.5. The number of ether oxygens (including phenoxy) is 1. The van der Waals surface area contributed by atoms with Gasteiger partial charge < -0.3 is 19.5 Å². The van der Waals surface area contributed by atoms with Crippen LogP contribution in [0.1, 0.15) is 17.5 Å². The first kappa shape index (κ1) is 20.4. The average Bonchev–Trinajstić information content (AvgIpc) is 3.14. The van der Waals surface area contributed by atoms with Crippen molar-refractivity contribution < 1.29 is 9.53 Å². The zero-order chi connectivity index (χ0) is 22.4. The van der Waals surface area contributed by atoms with Gasteiger partial charge in [-0.25, -0.2) is 0 Å². The number of aromatic nitrogens is 1. The summed E-state index contributed by atoms with van der Waals surface area (Å²) in [5.41, 5.74) is 6.29. The molecule has 3 aliphatic heterocycles. The number of nitrogens with one attached hydrogen (secondary N) is 1. The van der Waals surface area contributed by atoms with Crippen molar-refractivity contribution in [2.75, 3.05) is 43.0 Å². The minimum Gasteiger partial charge on any atom is -0.489 e. The first-order valence-corrected chi connectivity index (χ1v) is 11.9. The van der Waals surface area contributed by atoms with Crippen molar-refractivity contribution >= 4 is 28.2 Å². The molecule has 0 aliphatic carbocycles. The molecule has 3 aromatic rings. The first-order chi connectivity index (χ1) is 16.2. The summed E-state index contributed by atoms with van der Waals surface area (Å²) in [7, 11) is 2.15. The Morgan fingerprint density at radius 3 is 3.00 bits per heavy atom. The second-order valence-corrected chi connectivity index (χ2v) is 9.40. The van der Waals surface area contributed by atoms with Crippen LogP contribution in [0, 0.1) is 0 Å². The second kappa shape index (κ2) is 8.27. The second-order valence-electron chi connectivity index (χ2n) is 9.40. The Labute approximate surface area is 194 Å². The summed E-state index contributed by atoms with van der Waals surface area (Å²) in [6.07, 6.45) is 9.11. The lowest BCUT2D eigenvalue weighted by molar-refractivity contribution is -0.116. The van der Waals surface area contributed by atoms with Gasteiger partial charge in [0.25, 0.3) is 0 Å². The number of amides is 1. The number of hydrogen-bond donors (Lipinski definition) is 1. The Kier molecular flexibility index (Phi) is 5.10. The highest BCUT2D eigenvalue weighted by Crippen LogP contribution is 2.38. The molecular weight excluding hydrogens is 412 g/mol. The van der Waals surface area contributed by atoms with E-state index in [4.69, 9.17) is 4.74 Å². The molecule has 1 aromatic heterocycles. The Hall–Kier alpha value is -3.25. The number of rotatable bonds is 5. The molecule has 2 aromatic carbocycles. The largest absolute Gasteiger partial charge is 0.489 e. The molecular formula is C27H30N4O2. The van der Waals surface area contributed by atoms with E-state index in [1.165, 1.54) is 27.7 Å². The van der Waals surface area contributed by atoms with Crippen LogP contribution >= 0.6 is 0 Å². The zero-order valence-electron chi connectivity index (χ0n) is 19.1. The number of nitrogens with zero attached hydrogens (tertiary/aromatic N) is 3. The van der Waals surface area contributed by atoms with Gasteiger partial charge in [-0.05, 0) is 42.2 Å². The summed E-state index contributed by atoms with van der Waals surface area (Å²) in [4.78, 5) is 16.8. The number of hydrogen-bond acceptors (Lipinski definition) is 4. The highest BCUT2D eigenvalue weighted by molar-refractivity contribution is 5.97. The Balaban J connectivity index is 1.04. The summed E-state index contributed by atoms with van der Waals surface area (Å²) in [6, 6.07) is 13.2. The van der Waals surface area contributed by atoms with Crippen LogP contribution in [0.15, 0.2) is 54.7 Å². The topological polar surface area (TPSA) is 49.7 Å². The molecule has 0 spiro atoms. The smallest absolute Gasteiger partial charge is 0.224 e. The molecule has 0 radical (unpaired) electrons. The van der Waals surface area contributed by atoms with E-state index in [2.05, 4.69) is 69.3 Å². The van der Waals surface area contributed by atoms with E-state index in [1.54, 1.807) is 0 Å². The van der Waals surface area contributed by atoms with Crippen LogP contribution in [0.5, 0.6) is 5.75 Å². The number of carbonyl (C=O) groups excluding carboxylic acids is 1. The van der Waals surface area contributed by atoms with Crippen molar-refractivity contribution in [3.63, 3.8) is 0 Å². The number of piperazine rings is 1. The third-order valence-corrected chi connectivity index (χ3v) is 7.26. The fourth-order valence-corrected chi connectivity index (χ4v) is 5.62.